The van der Waals surface area contributed by atoms with Gasteiger partial charge in [0.15, 0.2) is 0 Å². The van der Waals surface area contributed by atoms with Gasteiger partial charge in [-0.2, -0.15) is 0 Å². The Balaban J connectivity index is 2.07. The summed E-state index contributed by atoms with van der Waals surface area (Å²) in [6.07, 6.45) is 5.29. The predicted molar refractivity (Wildman–Crippen MR) is 67.6 cm³/mol. The zero-order valence-corrected chi connectivity index (χ0v) is 11.0. The highest BCUT2D eigenvalue weighted by Gasteiger charge is 2.25. The van der Waals surface area contributed by atoms with Crippen LogP contribution in [0.2, 0.25) is 0 Å². The molecule has 1 saturated carbocycles. The van der Waals surface area contributed by atoms with Crippen LogP contribution < -0.4 is 5.32 Å². The Bertz CT molecular complexity index is 356. The molecule has 1 aliphatic rings. The number of aromatic nitrogens is 1. The van der Waals surface area contributed by atoms with Crippen LogP contribution in [-0.4, -0.2) is 16.4 Å². The van der Waals surface area contributed by atoms with Gasteiger partial charge in [-0.05, 0) is 53.7 Å². The van der Waals surface area contributed by atoms with Crippen LogP contribution >= 0.6 is 27.5 Å². The van der Waals surface area contributed by atoms with E-state index in [1.165, 1.54) is 12.0 Å². The third-order valence-corrected chi connectivity index (χ3v) is 4.16. The highest BCUT2D eigenvalue weighted by Crippen LogP contribution is 2.27. The molecular formula is C11H14BrClN2. The molecule has 2 nitrogen and oxygen atoms in total. The van der Waals surface area contributed by atoms with Crippen molar-refractivity contribution in [3.8, 4) is 0 Å². The highest BCUT2D eigenvalue weighted by molar-refractivity contribution is 9.10. The van der Waals surface area contributed by atoms with Crippen molar-refractivity contribution in [2.75, 3.05) is 5.32 Å². The molecule has 2 unspecified atom stereocenters. The molecule has 4 heteroatoms. The Labute approximate surface area is 104 Å². The Kier molecular flexibility index (Phi) is 3.52. The number of aryl methyl sites for hydroxylation is 1. The van der Waals surface area contributed by atoms with E-state index in [-0.39, 0.29) is 5.38 Å². The lowest BCUT2D eigenvalue weighted by Crippen LogP contribution is -2.24. The number of anilines is 1. The predicted octanol–water partition coefficient (Wildman–Crippen LogP) is 3.72. The Morgan fingerprint density at radius 3 is 2.93 bits per heavy atom. The van der Waals surface area contributed by atoms with E-state index >= 15 is 0 Å². The van der Waals surface area contributed by atoms with Gasteiger partial charge < -0.3 is 5.32 Å². The number of hydrogen-bond donors (Lipinski definition) is 1. The van der Waals surface area contributed by atoms with E-state index in [0.29, 0.717) is 6.04 Å². The summed E-state index contributed by atoms with van der Waals surface area (Å²) >= 11 is 9.64. The number of pyridine rings is 1. The van der Waals surface area contributed by atoms with Crippen LogP contribution in [0.4, 0.5) is 5.82 Å². The van der Waals surface area contributed by atoms with Crippen molar-refractivity contribution in [1.82, 2.24) is 4.98 Å². The molecule has 0 spiro atoms. The lowest BCUT2D eigenvalue weighted by Gasteiger charge is -2.16. The van der Waals surface area contributed by atoms with Gasteiger partial charge in [-0.25, -0.2) is 4.98 Å². The summed E-state index contributed by atoms with van der Waals surface area (Å²) in [7, 11) is 0. The molecular weight excluding hydrogens is 275 g/mol. The van der Waals surface area contributed by atoms with E-state index in [1.807, 2.05) is 12.3 Å². The minimum atomic E-state index is 0.246. The molecule has 1 aromatic rings. The lowest BCUT2D eigenvalue weighted by atomic mass is 10.2. The van der Waals surface area contributed by atoms with Crippen molar-refractivity contribution >= 4 is 33.3 Å². The number of nitrogens with one attached hydrogen (secondary N) is 1. The van der Waals surface area contributed by atoms with Gasteiger partial charge in [-0.1, -0.05) is 0 Å². The first-order valence-corrected chi connectivity index (χ1v) is 6.42. The third-order valence-electron chi connectivity index (χ3n) is 2.81. The molecule has 1 fully saturated rings. The van der Waals surface area contributed by atoms with Gasteiger partial charge in [0.2, 0.25) is 0 Å². The molecule has 1 aromatic heterocycles. The van der Waals surface area contributed by atoms with Crippen LogP contribution in [0.25, 0.3) is 0 Å². The van der Waals surface area contributed by atoms with Crippen molar-refractivity contribution in [1.29, 1.82) is 0 Å². The molecule has 82 valence electrons. The first kappa shape index (κ1) is 11.2. The molecule has 2 atom stereocenters. The van der Waals surface area contributed by atoms with E-state index < -0.39 is 0 Å². The van der Waals surface area contributed by atoms with E-state index in [1.54, 1.807) is 0 Å². The van der Waals surface area contributed by atoms with Crippen molar-refractivity contribution in [2.24, 2.45) is 0 Å². The molecule has 1 N–H and O–H groups in total. The largest absolute Gasteiger partial charge is 0.366 e. The van der Waals surface area contributed by atoms with Crippen molar-refractivity contribution in [3.05, 3.63) is 22.3 Å². The van der Waals surface area contributed by atoms with E-state index in [2.05, 4.69) is 33.2 Å². The smallest absolute Gasteiger partial charge is 0.126 e. The summed E-state index contributed by atoms with van der Waals surface area (Å²) in [5.41, 5.74) is 1.19. The van der Waals surface area contributed by atoms with Crippen LogP contribution in [0.5, 0.6) is 0 Å². The Morgan fingerprint density at radius 2 is 2.33 bits per heavy atom. The minimum absolute atomic E-state index is 0.246. The number of rotatable bonds is 2. The Morgan fingerprint density at radius 1 is 1.53 bits per heavy atom. The first-order valence-electron chi connectivity index (χ1n) is 5.19. The zero-order chi connectivity index (χ0) is 10.8. The van der Waals surface area contributed by atoms with E-state index in [9.17, 15) is 0 Å². The molecule has 2 rings (SSSR count). The van der Waals surface area contributed by atoms with Crippen molar-refractivity contribution in [2.45, 2.75) is 37.6 Å². The summed E-state index contributed by atoms with van der Waals surface area (Å²) in [6.45, 7) is 2.06. The Hall–Kier alpha value is -0.280. The SMILES string of the molecule is Cc1cc(NC2CCCC2Cl)ncc1Br. The van der Waals surface area contributed by atoms with Gasteiger partial charge >= 0.3 is 0 Å². The molecule has 0 radical (unpaired) electrons. The maximum atomic E-state index is 6.20. The van der Waals surface area contributed by atoms with Gasteiger partial charge in [-0.3, -0.25) is 0 Å². The second-order valence-electron chi connectivity index (χ2n) is 4.02. The second kappa shape index (κ2) is 4.71. The summed E-state index contributed by atoms with van der Waals surface area (Å²) in [5.74, 6) is 0.924. The molecule has 1 heterocycles. The van der Waals surface area contributed by atoms with Crippen LogP contribution in [0, 0.1) is 6.92 Å². The number of halogens is 2. The van der Waals surface area contributed by atoms with Crippen LogP contribution in [0.3, 0.4) is 0 Å². The minimum Gasteiger partial charge on any atom is -0.366 e. The molecule has 15 heavy (non-hydrogen) atoms. The fourth-order valence-electron chi connectivity index (χ4n) is 1.89. The van der Waals surface area contributed by atoms with Gasteiger partial charge in [-0.15, -0.1) is 11.6 Å². The fourth-order valence-corrected chi connectivity index (χ4v) is 2.45. The van der Waals surface area contributed by atoms with Crippen molar-refractivity contribution < 1.29 is 0 Å². The lowest BCUT2D eigenvalue weighted by molar-refractivity contribution is 0.756. The maximum absolute atomic E-state index is 6.20. The maximum Gasteiger partial charge on any atom is 0.126 e. The normalized spacial score (nSPS) is 25.5. The highest BCUT2D eigenvalue weighted by atomic mass is 79.9. The molecule has 0 amide bonds. The standard InChI is InChI=1S/C11H14BrClN2/c1-7-5-11(14-6-8(7)12)15-10-4-2-3-9(10)13/h5-6,9-10H,2-4H2,1H3,(H,14,15). The second-order valence-corrected chi connectivity index (χ2v) is 5.43. The molecule has 0 saturated heterocycles. The summed E-state index contributed by atoms with van der Waals surface area (Å²) in [6, 6.07) is 2.42. The van der Waals surface area contributed by atoms with Gasteiger partial charge in [0.1, 0.15) is 5.82 Å². The third kappa shape index (κ3) is 2.64. The number of nitrogens with zero attached hydrogens (tertiary/aromatic N) is 1. The van der Waals surface area contributed by atoms with Gasteiger partial charge in [0.05, 0.1) is 5.38 Å². The fraction of sp³-hybridized carbons (Fsp3) is 0.545. The number of hydrogen-bond acceptors (Lipinski definition) is 2. The van der Waals surface area contributed by atoms with Crippen LogP contribution in [0.1, 0.15) is 24.8 Å². The molecule has 1 aliphatic carbocycles. The molecule has 0 bridgehead atoms. The van der Waals surface area contributed by atoms with Crippen LogP contribution in [0.15, 0.2) is 16.7 Å². The van der Waals surface area contributed by atoms with E-state index in [4.69, 9.17) is 11.6 Å². The van der Waals surface area contributed by atoms with Crippen molar-refractivity contribution in [3.63, 3.8) is 0 Å². The van der Waals surface area contributed by atoms with Gasteiger partial charge in [0.25, 0.3) is 0 Å². The average molecular weight is 290 g/mol. The summed E-state index contributed by atoms with van der Waals surface area (Å²) < 4.78 is 1.04. The zero-order valence-electron chi connectivity index (χ0n) is 8.63. The number of alkyl halides is 1. The monoisotopic (exact) mass is 288 g/mol. The molecule has 0 aromatic carbocycles. The topological polar surface area (TPSA) is 24.9 Å². The van der Waals surface area contributed by atoms with Gasteiger partial charge in [0, 0.05) is 16.7 Å². The molecule has 0 aliphatic heterocycles. The average Bonchev–Trinajstić information content (AvgIpc) is 2.59. The first-order chi connectivity index (χ1) is 7.16. The summed E-state index contributed by atoms with van der Waals surface area (Å²) in [4.78, 5) is 4.32. The van der Waals surface area contributed by atoms with E-state index in [0.717, 1.165) is 23.1 Å². The quantitative estimate of drug-likeness (QED) is 0.839. The van der Waals surface area contributed by atoms with Crippen LogP contribution in [-0.2, 0) is 0 Å². The summed E-state index contributed by atoms with van der Waals surface area (Å²) in [5, 5.41) is 3.64.